The van der Waals surface area contributed by atoms with E-state index in [-0.39, 0.29) is 47.6 Å². The summed E-state index contributed by atoms with van der Waals surface area (Å²) >= 11 is -0.166. The third kappa shape index (κ3) is 7.37. The lowest BCUT2D eigenvalue weighted by atomic mass is 9.94. The number of hydrogen-bond acceptors (Lipinski definition) is 6. The van der Waals surface area contributed by atoms with Crippen LogP contribution < -0.4 is 0 Å². The fourth-order valence-electron chi connectivity index (χ4n) is 4.45. The molecule has 1 aliphatic rings. The van der Waals surface area contributed by atoms with Gasteiger partial charge < -0.3 is 19.0 Å². The van der Waals surface area contributed by atoms with E-state index in [1.807, 2.05) is 6.07 Å². The van der Waals surface area contributed by atoms with Crippen molar-refractivity contribution in [3.8, 4) is 11.5 Å². The predicted molar refractivity (Wildman–Crippen MR) is 132 cm³/mol. The first-order chi connectivity index (χ1) is 17.6. The van der Waals surface area contributed by atoms with E-state index in [0.717, 1.165) is 19.3 Å². The van der Waals surface area contributed by atoms with Crippen molar-refractivity contribution in [3.05, 3.63) is 70.6 Å². The molecule has 198 valence electrons. The molecule has 0 aliphatic heterocycles. The van der Waals surface area contributed by atoms with Gasteiger partial charge in [0.2, 0.25) is 5.89 Å². The number of nitrogens with zero attached hydrogens (tertiary/aromatic N) is 1. The largest absolute Gasteiger partial charge is 0.478 e. The van der Waals surface area contributed by atoms with Gasteiger partial charge in [-0.25, -0.2) is 9.78 Å². The van der Waals surface area contributed by atoms with Crippen molar-refractivity contribution in [3.63, 3.8) is 0 Å². The van der Waals surface area contributed by atoms with Gasteiger partial charge in [-0.2, -0.15) is 13.2 Å². The lowest BCUT2D eigenvalue weighted by Gasteiger charge is -2.29. The summed E-state index contributed by atoms with van der Waals surface area (Å²) < 4.78 is 55.6. The van der Waals surface area contributed by atoms with Gasteiger partial charge in [0.05, 0.1) is 31.0 Å². The summed E-state index contributed by atoms with van der Waals surface area (Å²) in [5.41, 5.74) is -1.46. The normalized spacial score (nSPS) is 18.2. The average molecular weight is 536 g/mol. The maximum Gasteiger partial charge on any atom is 0.446 e. The smallest absolute Gasteiger partial charge is 0.446 e. The third-order valence-corrected chi connectivity index (χ3v) is 7.05. The number of aryl methyl sites for hydroxylation is 2. The van der Waals surface area contributed by atoms with Crippen LogP contribution in [0.25, 0.3) is 11.5 Å². The Balaban J connectivity index is 1.31. The highest BCUT2D eigenvalue weighted by molar-refractivity contribution is 8.00. The average Bonchev–Trinajstić information content (AvgIpc) is 3.21. The van der Waals surface area contributed by atoms with Gasteiger partial charge in [0.15, 0.2) is 0 Å². The minimum Gasteiger partial charge on any atom is -0.478 e. The van der Waals surface area contributed by atoms with Gasteiger partial charge in [-0.05, 0) is 86.7 Å². The molecule has 2 atom stereocenters. The molecular formula is C27H28F3NO5S. The molecule has 1 aliphatic carbocycles. The van der Waals surface area contributed by atoms with Crippen LogP contribution in [0.3, 0.4) is 0 Å². The monoisotopic (exact) mass is 535 g/mol. The predicted octanol–water partition coefficient (Wildman–Crippen LogP) is 7.31. The summed E-state index contributed by atoms with van der Waals surface area (Å²) in [6, 6.07) is 11.3. The maximum atomic E-state index is 12.6. The first-order valence-electron chi connectivity index (χ1n) is 12.0. The van der Waals surface area contributed by atoms with E-state index >= 15 is 0 Å². The SMILES string of the molecule is Cc1cccc(COC2CCCC(OCc3nc(-c4ccc(SC(F)(F)F)cc4)oc3C)C2)c1C(=O)O. The van der Waals surface area contributed by atoms with Crippen molar-refractivity contribution < 1.29 is 37.0 Å². The van der Waals surface area contributed by atoms with E-state index in [4.69, 9.17) is 13.9 Å². The molecule has 1 N–H and O–H groups in total. The number of ether oxygens (including phenoxy) is 2. The molecule has 10 heteroatoms. The molecule has 1 fully saturated rings. The second kappa shape index (κ2) is 11.7. The van der Waals surface area contributed by atoms with Gasteiger partial charge >= 0.3 is 11.5 Å². The zero-order valence-corrected chi connectivity index (χ0v) is 21.3. The Morgan fingerprint density at radius 2 is 1.76 bits per heavy atom. The van der Waals surface area contributed by atoms with Crippen molar-refractivity contribution in [1.82, 2.24) is 4.98 Å². The van der Waals surface area contributed by atoms with Crippen LogP contribution >= 0.6 is 11.8 Å². The minimum absolute atomic E-state index is 0.0339. The quantitative estimate of drug-likeness (QED) is 0.288. The highest BCUT2D eigenvalue weighted by Crippen LogP contribution is 2.37. The summed E-state index contributed by atoms with van der Waals surface area (Å²) in [6.07, 6.45) is 3.31. The Kier molecular flexibility index (Phi) is 8.61. The van der Waals surface area contributed by atoms with Crippen LogP contribution in [0.2, 0.25) is 0 Å². The molecule has 0 radical (unpaired) electrons. The fraction of sp³-hybridized carbons (Fsp3) is 0.407. The maximum absolute atomic E-state index is 12.6. The van der Waals surface area contributed by atoms with Gasteiger partial charge in [0, 0.05) is 10.5 Å². The summed E-state index contributed by atoms with van der Waals surface area (Å²) in [5, 5.41) is 9.52. The van der Waals surface area contributed by atoms with Crippen LogP contribution in [0.5, 0.6) is 0 Å². The third-order valence-electron chi connectivity index (χ3n) is 6.31. The first kappa shape index (κ1) is 27.2. The first-order valence-corrected chi connectivity index (χ1v) is 12.8. The number of alkyl halides is 3. The summed E-state index contributed by atoms with van der Waals surface area (Å²) in [4.78, 5) is 16.2. The number of thioether (sulfide) groups is 1. The van der Waals surface area contributed by atoms with Gasteiger partial charge in [-0.15, -0.1) is 0 Å². The number of halogens is 3. The number of oxazole rings is 1. The second-order valence-corrected chi connectivity index (χ2v) is 10.2. The van der Waals surface area contributed by atoms with Crippen molar-refractivity contribution >= 4 is 17.7 Å². The van der Waals surface area contributed by atoms with Crippen LogP contribution in [-0.2, 0) is 22.7 Å². The Labute approximate surface area is 217 Å². The summed E-state index contributed by atoms with van der Waals surface area (Å²) in [6.45, 7) is 4.02. The van der Waals surface area contributed by atoms with Crippen molar-refractivity contribution in [2.24, 2.45) is 0 Å². The molecule has 1 heterocycles. The summed E-state index contributed by atoms with van der Waals surface area (Å²) in [5.74, 6) is -0.0371. The van der Waals surface area contributed by atoms with Crippen LogP contribution in [0, 0.1) is 13.8 Å². The number of carboxylic acids is 1. The highest BCUT2D eigenvalue weighted by Gasteiger charge is 2.29. The molecule has 0 saturated heterocycles. The number of benzene rings is 2. The Hall–Kier alpha value is -2.82. The molecule has 1 aromatic heterocycles. The number of carbonyl (C=O) groups is 1. The molecule has 4 rings (SSSR count). The van der Waals surface area contributed by atoms with E-state index in [1.54, 1.807) is 38.1 Å². The zero-order valence-electron chi connectivity index (χ0n) is 20.5. The lowest BCUT2D eigenvalue weighted by molar-refractivity contribution is -0.0564. The molecule has 3 aromatic rings. The Morgan fingerprint density at radius 1 is 1.08 bits per heavy atom. The molecular weight excluding hydrogens is 507 g/mol. The summed E-state index contributed by atoms with van der Waals surface area (Å²) in [7, 11) is 0. The molecule has 6 nitrogen and oxygen atoms in total. The molecule has 2 aromatic carbocycles. The molecule has 0 bridgehead atoms. The minimum atomic E-state index is -4.34. The van der Waals surface area contributed by atoms with Crippen molar-refractivity contribution in [2.45, 2.75) is 75.4 Å². The van der Waals surface area contributed by atoms with E-state index in [1.165, 1.54) is 12.1 Å². The Morgan fingerprint density at radius 3 is 2.41 bits per heavy atom. The van der Waals surface area contributed by atoms with Crippen LogP contribution in [0.1, 0.15) is 58.6 Å². The van der Waals surface area contributed by atoms with E-state index in [9.17, 15) is 23.1 Å². The zero-order chi connectivity index (χ0) is 26.6. The standard InChI is InChI=1S/C27H28F3NO5S/c1-16-5-3-6-19(24(16)26(32)33)14-34-20-7-4-8-21(13-20)35-15-23-17(2)36-25(31-23)18-9-11-22(12-10-18)37-27(28,29)30/h3,5-6,9-12,20-21H,4,7-8,13-15H2,1-2H3,(H,32,33). The van der Waals surface area contributed by atoms with Gasteiger partial charge in [0.25, 0.3) is 0 Å². The molecule has 37 heavy (non-hydrogen) atoms. The van der Waals surface area contributed by atoms with Gasteiger partial charge in [0.1, 0.15) is 11.5 Å². The van der Waals surface area contributed by atoms with E-state index < -0.39 is 11.5 Å². The van der Waals surface area contributed by atoms with Crippen LogP contribution in [-0.4, -0.2) is 33.8 Å². The van der Waals surface area contributed by atoms with Crippen LogP contribution in [0.4, 0.5) is 13.2 Å². The number of rotatable bonds is 9. The van der Waals surface area contributed by atoms with Crippen molar-refractivity contribution in [1.29, 1.82) is 0 Å². The topological polar surface area (TPSA) is 81.8 Å². The van der Waals surface area contributed by atoms with E-state index in [0.29, 0.717) is 40.5 Å². The number of hydrogen-bond donors (Lipinski definition) is 1. The van der Waals surface area contributed by atoms with Gasteiger partial charge in [-0.1, -0.05) is 18.2 Å². The highest BCUT2D eigenvalue weighted by atomic mass is 32.2. The molecule has 2 unspecified atom stereocenters. The van der Waals surface area contributed by atoms with E-state index in [2.05, 4.69) is 4.98 Å². The fourth-order valence-corrected chi connectivity index (χ4v) is 4.99. The number of aromatic carboxylic acids is 1. The molecule has 0 amide bonds. The second-order valence-electron chi connectivity index (χ2n) is 9.04. The number of carboxylic acid groups (broad SMARTS) is 1. The molecule has 1 saturated carbocycles. The van der Waals surface area contributed by atoms with Gasteiger partial charge in [-0.3, -0.25) is 0 Å². The lowest BCUT2D eigenvalue weighted by Crippen LogP contribution is -2.28. The van der Waals surface area contributed by atoms with Crippen LogP contribution in [0.15, 0.2) is 51.8 Å². The Bertz CT molecular complexity index is 1230. The number of aromatic nitrogens is 1. The molecule has 0 spiro atoms. The van der Waals surface area contributed by atoms with Crippen molar-refractivity contribution in [2.75, 3.05) is 0 Å².